The van der Waals surface area contributed by atoms with Crippen molar-refractivity contribution in [2.75, 3.05) is 7.11 Å². The minimum Gasteiger partial charge on any atom is -0.497 e. The molecule has 4 heteroatoms. The number of aromatic nitrogens is 1. The lowest BCUT2D eigenvalue weighted by Gasteiger charge is -1.99. The first-order valence-corrected chi connectivity index (χ1v) is 6.26. The van der Waals surface area contributed by atoms with Crippen LogP contribution < -0.4 is 4.74 Å². The van der Waals surface area contributed by atoms with Crippen LogP contribution in [0, 0.1) is 6.92 Å². The number of methoxy groups -OCH3 is 1. The topological polar surface area (TPSA) is 35.3 Å². The predicted molar refractivity (Wildman–Crippen MR) is 75.7 cm³/mol. The van der Waals surface area contributed by atoms with Gasteiger partial charge in [-0.15, -0.1) is 0 Å². The highest BCUT2D eigenvalue weighted by Gasteiger charge is 2.10. The Morgan fingerprint density at radius 3 is 2.58 bits per heavy atom. The molecule has 0 amide bonds. The van der Waals surface area contributed by atoms with Crippen molar-refractivity contribution in [3.63, 3.8) is 0 Å². The Balaban J connectivity index is 2.09. The molecule has 0 radical (unpaired) electrons. The van der Waals surface area contributed by atoms with E-state index in [0.717, 1.165) is 22.4 Å². The zero-order chi connectivity index (χ0) is 13.4. The molecule has 1 aromatic heterocycles. The SMILES string of the molecule is COc1ccc(-c2nc3cc(C)c(Cl)cc3o2)cc1. The third kappa shape index (κ3) is 2.17. The minimum absolute atomic E-state index is 0.583. The van der Waals surface area contributed by atoms with Gasteiger partial charge in [-0.1, -0.05) is 11.6 Å². The largest absolute Gasteiger partial charge is 0.497 e. The van der Waals surface area contributed by atoms with Crippen molar-refractivity contribution >= 4 is 22.7 Å². The molecule has 0 fully saturated rings. The average Bonchev–Trinajstić information content (AvgIpc) is 2.82. The molecule has 0 unspecified atom stereocenters. The highest BCUT2D eigenvalue weighted by Crippen LogP contribution is 2.29. The molecule has 0 saturated carbocycles. The molecule has 0 N–H and O–H groups in total. The number of aryl methyl sites for hydroxylation is 1. The van der Waals surface area contributed by atoms with Crippen LogP contribution in [0.3, 0.4) is 0 Å². The van der Waals surface area contributed by atoms with Crippen LogP contribution in [-0.4, -0.2) is 12.1 Å². The lowest BCUT2D eigenvalue weighted by atomic mass is 10.2. The van der Waals surface area contributed by atoms with Crippen LogP contribution in [-0.2, 0) is 0 Å². The Kier molecular flexibility index (Phi) is 2.91. The van der Waals surface area contributed by atoms with Gasteiger partial charge in [0.15, 0.2) is 5.58 Å². The first-order valence-electron chi connectivity index (χ1n) is 5.88. The molecule has 0 spiro atoms. The third-order valence-corrected chi connectivity index (χ3v) is 3.41. The fourth-order valence-corrected chi connectivity index (χ4v) is 2.06. The highest BCUT2D eigenvalue weighted by atomic mass is 35.5. The van der Waals surface area contributed by atoms with E-state index in [9.17, 15) is 0 Å². The highest BCUT2D eigenvalue weighted by molar-refractivity contribution is 6.32. The summed E-state index contributed by atoms with van der Waals surface area (Å²) in [5.41, 5.74) is 3.41. The number of halogens is 1. The molecule has 3 nitrogen and oxygen atoms in total. The van der Waals surface area contributed by atoms with Crippen molar-refractivity contribution in [3.8, 4) is 17.2 Å². The van der Waals surface area contributed by atoms with Crippen LogP contribution in [0.2, 0.25) is 5.02 Å². The number of ether oxygens (including phenoxy) is 1. The number of fused-ring (bicyclic) bond motifs is 1. The molecule has 0 aliphatic rings. The van der Waals surface area contributed by atoms with Crippen LogP contribution in [0.5, 0.6) is 5.75 Å². The molecule has 0 saturated heterocycles. The fourth-order valence-electron chi connectivity index (χ4n) is 1.91. The molecular weight excluding hydrogens is 262 g/mol. The smallest absolute Gasteiger partial charge is 0.227 e. The van der Waals surface area contributed by atoms with Gasteiger partial charge in [0.2, 0.25) is 5.89 Å². The van der Waals surface area contributed by atoms with E-state index in [2.05, 4.69) is 4.98 Å². The molecule has 96 valence electrons. The van der Waals surface area contributed by atoms with Crippen LogP contribution in [0.25, 0.3) is 22.6 Å². The summed E-state index contributed by atoms with van der Waals surface area (Å²) in [5, 5.41) is 0.685. The first kappa shape index (κ1) is 12.1. The van der Waals surface area contributed by atoms with E-state index in [0.29, 0.717) is 16.5 Å². The van der Waals surface area contributed by atoms with Gasteiger partial charge >= 0.3 is 0 Å². The zero-order valence-electron chi connectivity index (χ0n) is 10.6. The van der Waals surface area contributed by atoms with Gasteiger partial charge in [-0.05, 0) is 42.8 Å². The van der Waals surface area contributed by atoms with E-state index in [1.807, 2.05) is 37.3 Å². The van der Waals surface area contributed by atoms with E-state index < -0.39 is 0 Å². The molecule has 19 heavy (non-hydrogen) atoms. The van der Waals surface area contributed by atoms with E-state index >= 15 is 0 Å². The molecule has 1 heterocycles. The van der Waals surface area contributed by atoms with Gasteiger partial charge in [-0.2, -0.15) is 0 Å². The predicted octanol–water partition coefficient (Wildman–Crippen LogP) is 4.47. The second-order valence-electron chi connectivity index (χ2n) is 4.32. The van der Waals surface area contributed by atoms with Crippen molar-refractivity contribution < 1.29 is 9.15 Å². The number of oxazole rings is 1. The Hall–Kier alpha value is -2.00. The van der Waals surface area contributed by atoms with Gasteiger partial charge in [-0.3, -0.25) is 0 Å². The maximum atomic E-state index is 6.08. The van der Waals surface area contributed by atoms with Crippen molar-refractivity contribution in [3.05, 3.63) is 47.0 Å². The monoisotopic (exact) mass is 273 g/mol. The Morgan fingerprint density at radius 2 is 1.89 bits per heavy atom. The van der Waals surface area contributed by atoms with E-state index in [1.165, 1.54) is 0 Å². The second-order valence-corrected chi connectivity index (χ2v) is 4.72. The molecule has 2 aromatic carbocycles. The number of hydrogen-bond acceptors (Lipinski definition) is 3. The van der Waals surface area contributed by atoms with Crippen LogP contribution >= 0.6 is 11.6 Å². The summed E-state index contributed by atoms with van der Waals surface area (Å²) in [7, 11) is 1.64. The van der Waals surface area contributed by atoms with Gasteiger partial charge in [0.25, 0.3) is 0 Å². The molecule has 3 aromatic rings. The molecule has 0 aliphatic carbocycles. The van der Waals surface area contributed by atoms with Crippen molar-refractivity contribution in [1.29, 1.82) is 0 Å². The number of nitrogens with zero attached hydrogens (tertiary/aromatic N) is 1. The van der Waals surface area contributed by atoms with Crippen LogP contribution in [0.15, 0.2) is 40.8 Å². The van der Waals surface area contributed by atoms with E-state index in [-0.39, 0.29) is 0 Å². The van der Waals surface area contributed by atoms with Gasteiger partial charge in [0, 0.05) is 16.7 Å². The summed E-state index contributed by atoms with van der Waals surface area (Å²) >= 11 is 6.08. The molecular formula is C15H12ClNO2. The molecule has 3 rings (SSSR count). The number of rotatable bonds is 2. The van der Waals surface area contributed by atoms with Gasteiger partial charge in [0.1, 0.15) is 11.3 Å². The number of hydrogen-bond donors (Lipinski definition) is 0. The van der Waals surface area contributed by atoms with Crippen LogP contribution in [0.1, 0.15) is 5.56 Å². The summed E-state index contributed by atoms with van der Waals surface area (Å²) in [5.74, 6) is 1.39. The summed E-state index contributed by atoms with van der Waals surface area (Å²) in [6.45, 7) is 1.95. The molecule has 0 atom stereocenters. The quantitative estimate of drug-likeness (QED) is 0.691. The van der Waals surface area contributed by atoms with E-state index in [1.54, 1.807) is 13.2 Å². The van der Waals surface area contributed by atoms with Crippen molar-refractivity contribution in [2.45, 2.75) is 6.92 Å². The Labute approximate surface area is 115 Å². The van der Waals surface area contributed by atoms with Crippen LogP contribution in [0.4, 0.5) is 0 Å². The first-order chi connectivity index (χ1) is 9.17. The van der Waals surface area contributed by atoms with Gasteiger partial charge in [0.05, 0.1) is 7.11 Å². The van der Waals surface area contributed by atoms with Gasteiger partial charge < -0.3 is 9.15 Å². The van der Waals surface area contributed by atoms with Gasteiger partial charge in [-0.25, -0.2) is 4.98 Å². The fraction of sp³-hybridized carbons (Fsp3) is 0.133. The minimum atomic E-state index is 0.583. The maximum Gasteiger partial charge on any atom is 0.227 e. The molecule has 0 aliphatic heterocycles. The third-order valence-electron chi connectivity index (χ3n) is 3.01. The second kappa shape index (κ2) is 4.59. The lowest BCUT2D eigenvalue weighted by Crippen LogP contribution is -1.82. The van der Waals surface area contributed by atoms with Crippen molar-refractivity contribution in [2.24, 2.45) is 0 Å². The summed E-state index contributed by atoms with van der Waals surface area (Å²) in [6.07, 6.45) is 0. The average molecular weight is 274 g/mol. The number of benzene rings is 2. The van der Waals surface area contributed by atoms with E-state index in [4.69, 9.17) is 20.8 Å². The lowest BCUT2D eigenvalue weighted by molar-refractivity contribution is 0.415. The summed E-state index contributed by atoms with van der Waals surface area (Å²) < 4.78 is 10.9. The zero-order valence-corrected chi connectivity index (χ0v) is 11.4. The maximum absolute atomic E-state index is 6.08. The molecule has 0 bridgehead atoms. The Morgan fingerprint density at radius 1 is 1.16 bits per heavy atom. The standard InChI is InChI=1S/C15H12ClNO2/c1-9-7-13-14(8-12(9)16)19-15(17-13)10-3-5-11(18-2)6-4-10/h3-8H,1-2H3. The summed E-state index contributed by atoms with van der Waals surface area (Å²) in [4.78, 5) is 4.47. The van der Waals surface area contributed by atoms with Crippen molar-refractivity contribution in [1.82, 2.24) is 4.98 Å². The Bertz CT molecular complexity index is 693. The summed E-state index contributed by atoms with van der Waals surface area (Å²) in [6, 6.07) is 11.3. The normalized spacial score (nSPS) is 10.9.